The molecule has 0 unspecified atom stereocenters. The van der Waals surface area contributed by atoms with E-state index in [1.165, 1.54) is 11.0 Å². The van der Waals surface area contributed by atoms with Crippen molar-refractivity contribution in [1.29, 1.82) is 0 Å². The van der Waals surface area contributed by atoms with Gasteiger partial charge in [0.15, 0.2) is 0 Å². The van der Waals surface area contributed by atoms with Crippen molar-refractivity contribution in [2.75, 3.05) is 6.61 Å². The van der Waals surface area contributed by atoms with E-state index in [-0.39, 0.29) is 19.6 Å². The van der Waals surface area contributed by atoms with Gasteiger partial charge in [-0.2, -0.15) is 0 Å². The number of rotatable bonds is 3. The van der Waals surface area contributed by atoms with Crippen molar-refractivity contribution in [3.8, 4) is 0 Å². The lowest BCUT2D eigenvalue weighted by Gasteiger charge is -2.33. The number of benzene rings is 1. The van der Waals surface area contributed by atoms with Crippen LogP contribution in [0, 0.1) is 0 Å². The van der Waals surface area contributed by atoms with Crippen LogP contribution in [0.15, 0.2) is 30.9 Å². The number of halogens is 1. The molecule has 1 aliphatic rings. The first-order chi connectivity index (χ1) is 9.52. The number of ether oxygens (including phenoxy) is 1. The van der Waals surface area contributed by atoms with Crippen LogP contribution >= 0.6 is 11.6 Å². The number of carboxylic acids is 1. The summed E-state index contributed by atoms with van der Waals surface area (Å²) in [6.07, 6.45) is 1.01. The van der Waals surface area contributed by atoms with Crippen LogP contribution in [0.4, 0.5) is 4.79 Å². The van der Waals surface area contributed by atoms with Crippen LogP contribution < -0.4 is 0 Å². The summed E-state index contributed by atoms with van der Waals surface area (Å²) in [7, 11) is 0. The Bertz CT molecular complexity index is 558. The Kier molecular flexibility index (Phi) is 4.29. The summed E-state index contributed by atoms with van der Waals surface area (Å²) in [5.41, 5.74) is 1.72. The first-order valence-electron chi connectivity index (χ1n) is 6.07. The van der Waals surface area contributed by atoms with E-state index in [2.05, 4.69) is 6.58 Å². The van der Waals surface area contributed by atoms with Crippen molar-refractivity contribution in [2.45, 2.75) is 19.0 Å². The summed E-state index contributed by atoms with van der Waals surface area (Å²) < 4.78 is 4.93. The maximum Gasteiger partial charge on any atom is 0.411 e. The zero-order valence-corrected chi connectivity index (χ0v) is 11.5. The standard InChI is InChI=1S/C14H14ClNO4/c1-2-5-20-14(19)16-8-10-6-11(15)4-3-9(10)7-12(16)13(17)18/h2-4,6,12H,1,5,7-8H2,(H,17,18)/t12-/m0/s1. The number of hydrogen-bond donors (Lipinski definition) is 1. The van der Waals surface area contributed by atoms with Crippen molar-refractivity contribution in [3.63, 3.8) is 0 Å². The average molecular weight is 296 g/mol. The maximum atomic E-state index is 11.9. The Balaban J connectivity index is 2.27. The number of aliphatic carboxylic acids is 1. The maximum absolute atomic E-state index is 11.9. The molecule has 0 bridgehead atoms. The largest absolute Gasteiger partial charge is 0.480 e. The van der Waals surface area contributed by atoms with Gasteiger partial charge in [-0.25, -0.2) is 9.59 Å². The first kappa shape index (κ1) is 14.4. The highest BCUT2D eigenvalue weighted by atomic mass is 35.5. The molecule has 20 heavy (non-hydrogen) atoms. The van der Waals surface area contributed by atoms with Gasteiger partial charge in [0.25, 0.3) is 0 Å². The van der Waals surface area contributed by atoms with Gasteiger partial charge >= 0.3 is 12.1 Å². The van der Waals surface area contributed by atoms with Crippen molar-refractivity contribution in [2.24, 2.45) is 0 Å². The van der Waals surface area contributed by atoms with Crippen molar-refractivity contribution < 1.29 is 19.4 Å². The van der Waals surface area contributed by atoms with Gasteiger partial charge in [-0.05, 0) is 23.3 Å². The van der Waals surface area contributed by atoms with Gasteiger partial charge in [-0.15, -0.1) is 0 Å². The molecule has 5 nitrogen and oxygen atoms in total. The van der Waals surface area contributed by atoms with Gasteiger partial charge in [0.05, 0.1) is 6.54 Å². The third-order valence-electron chi connectivity index (χ3n) is 3.14. The molecule has 0 radical (unpaired) electrons. The van der Waals surface area contributed by atoms with Crippen LogP contribution in [0.2, 0.25) is 5.02 Å². The van der Waals surface area contributed by atoms with Gasteiger partial charge in [-0.1, -0.05) is 30.3 Å². The van der Waals surface area contributed by atoms with Crippen LogP contribution in [0.3, 0.4) is 0 Å². The summed E-state index contributed by atoms with van der Waals surface area (Å²) in [5, 5.41) is 9.82. The minimum Gasteiger partial charge on any atom is -0.480 e. The lowest BCUT2D eigenvalue weighted by molar-refractivity contribution is -0.143. The molecule has 1 aliphatic heterocycles. The number of nitrogens with zero attached hydrogens (tertiary/aromatic N) is 1. The Hall–Kier alpha value is -2.01. The molecule has 1 aromatic rings. The summed E-state index contributed by atoms with van der Waals surface area (Å²) >= 11 is 5.92. The highest BCUT2D eigenvalue weighted by Gasteiger charge is 2.35. The minimum absolute atomic E-state index is 0.0457. The molecule has 0 fully saturated rings. The molecular formula is C14H14ClNO4. The van der Waals surface area contributed by atoms with Crippen molar-refractivity contribution in [1.82, 2.24) is 4.90 Å². The molecule has 1 N–H and O–H groups in total. The highest BCUT2D eigenvalue weighted by Crippen LogP contribution is 2.26. The lowest BCUT2D eigenvalue weighted by Crippen LogP contribution is -2.48. The average Bonchev–Trinajstić information content (AvgIpc) is 2.43. The predicted molar refractivity (Wildman–Crippen MR) is 73.7 cm³/mol. The second-order valence-electron chi connectivity index (χ2n) is 4.46. The van der Waals surface area contributed by atoms with E-state index in [1.807, 2.05) is 0 Å². The third kappa shape index (κ3) is 2.93. The highest BCUT2D eigenvalue weighted by molar-refractivity contribution is 6.30. The van der Waals surface area contributed by atoms with Crippen molar-refractivity contribution in [3.05, 3.63) is 47.0 Å². The SMILES string of the molecule is C=CCOC(=O)N1Cc2cc(Cl)ccc2C[C@H]1C(=O)O. The quantitative estimate of drug-likeness (QED) is 0.870. The van der Waals surface area contributed by atoms with E-state index in [4.69, 9.17) is 16.3 Å². The number of amides is 1. The van der Waals surface area contributed by atoms with Crippen LogP contribution in [-0.4, -0.2) is 34.7 Å². The van der Waals surface area contributed by atoms with Crippen LogP contribution in [-0.2, 0) is 22.5 Å². The van der Waals surface area contributed by atoms with E-state index < -0.39 is 18.1 Å². The fraction of sp³-hybridized carbons (Fsp3) is 0.286. The van der Waals surface area contributed by atoms with E-state index in [1.54, 1.807) is 18.2 Å². The molecule has 1 amide bonds. The van der Waals surface area contributed by atoms with E-state index in [0.29, 0.717) is 5.02 Å². The molecule has 1 heterocycles. The Labute approximate surface area is 121 Å². The zero-order valence-electron chi connectivity index (χ0n) is 10.7. The zero-order chi connectivity index (χ0) is 14.7. The molecule has 0 aliphatic carbocycles. The predicted octanol–water partition coefficient (Wildman–Crippen LogP) is 2.47. The molecule has 2 rings (SSSR count). The number of carbonyl (C=O) groups excluding carboxylic acids is 1. The van der Waals surface area contributed by atoms with Crippen LogP contribution in [0.1, 0.15) is 11.1 Å². The van der Waals surface area contributed by atoms with Gasteiger partial charge in [0.1, 0.15) is 12.6 Å². The van der Waals surface area contributed by atoms with Crippen LogP contribution in [0.5, 0.6) is 0 Å². The number of fused-ring (bicyclic) bond motifs is 1. The smallest absolute Gasteiger partial charge is 0.411 e. The fourth-order valence-corrected chi connectivity index (χ4v) is 2.37. The van der Waals surface area contributed by atoms with E-state index in [9.17, 15) is 14.7 Å². The molecule has 0 spiro atoms. The van der Waals surface area contributed by atoms with Gasteiger partial charge < -0.3 is 9.84 Å². The summed E-state index contributed by atoms with van der Waals surface area (Å²) in [4.78, 5) is 24.4. The number of carboxylic acid groups (broad SMARTS) is 1. The molecule has 0 aromatic heterocycles. The Morgan fingerprint density at radius 2 is 2.25 bits per heavy atom. The van der Waals surface area contributed by atoms with Gasteiger partial charge in [-0.3, -0.25) is 4.90 Å². The molecule has 0 saturated carbocycles. The summed E-state index contributed by atoms with van der Waals surface area (Å²) in [6.45, 7) is 3.67. The molecule has 6 heteroatoms. The third-order valence-corrected chi connectivity index (χ3v) is 3.38. The normalized spacial score (nSPS) is 17.2. The van der Waals surface area contributed by atoms with Gasteiger partial charge in [0.2, 0.25) is 0 Å². The number of hydrogen-bond acceptors (Lipinski definition) is 3. The van der Waals surface area contributed by atoms with Crippen molar-refractivity contribution >= 4 is 23.7 Å². The molecule has 1 atom stereocenters. The summed E-state index contributed by atoms with van der Waals surface area (Å²) in [6, 6.07) is 4.31. The summed E-state index contributed by atoms with van der Waals surface area (Å²) in [5.74, 6) is -1.05. The second-order valence-corrected chi connectivity index (χ2v) is 4.90. The lowest BCUT2D eigenvalue weighted by atomic mass is 9.94. The fourth-order valence-electron chi connectivity index (χ4n) is 2.18. The Morgan fingerprint density at radius 3 is 2.90 bits per heavy atom. The monoisotopic (exact) mass is 295 g/mol. The topological polar surface area (TPSA) is 66.8 Å². The Morgan fingerprint density at radius 1 is 1.50 bits per heavy atom. The first-order valence-corrected chi connectivity index (χ1v) is 6.45. The molecular weight excluding hydrogens is 282 g/mol. The minimum atomic E-state index is -1.05. The van der Waals surface area contributed by atoms with Gasteiger partial charge in [0, 0.05) is 11.4 Å². The number of carbonyl (C=O) groups is 2. The molecule has 106 valence electrons. The van der Waals surface area contributed by atoms with Crippen LogP contribution in [0.25, 0.3) is 0 Å². The van der Waals surface area contributed by atoms with E-state index in [0.717, 1.165) is 11.1 Å². The van der Waals surface area contributed by atoms with E-state index >= 15 is 0 Å². The molecule has 0 saturated heterocycles. The molecule has 1 aromatic carbocycles. The second kappa shape index (κ2) is 5.96.